The highest BCUT2D eigenvalue weighted by Crippen LogP contribution is 2.20. The van der Waals surface area contributed by atoms with E-state index in [4.69, 9.17) is 0 Å². The molecule has 0 atom stereocenters. The van der Waals surface area contributed by atoms with E-state index < -0.39 is 0 Å². The molecule has 3 heteroatoms. The molecule has 1 aliphatic heterocycles. The van der Waals surface area contributed by atoms with Crippen LogP contribution in [0.1, 0.15) is 17.5 Å². The summed E-state index contributed by atoms with van der Waals surface area (Å²) in [6, 6.07) is 5.82. The lowest BCUT2D eigenvalue weighted by Crippen LogP contribution is -2.27. The first-order chi connectivity index (χ1) is 7.75. The molecule has 3 nitrogen and oxygen atoms in total. The molecule has 0 aliphatic carbocycles. The molecule has 2 rings (SSSR count). The molecule has 1 fully saturated rings. The Labute approximate surface area is 97.1 Å². The van der Waals surface area contributed by atoms with E-state index in [0.29, 0.717) is 5.75 Å². The zero-order chi connectivity index (χ0) is 11.4. The van der Waals surface area contributed by atoms with Crippen molar-refractivity contribution in [3.05, 3.63) is 29.3 Å². The van der Waals surface area contributed by atoms with Crippen molar-refractivity contribution in [2.45, 2.75) is 19.9 Å². The number of phenols is 1. The van der Waals surface area contributed by atoms with Crippen LogP contribution in [0.15, 0.2) is 18.2 Å². The SMILES string of the molecule is Cc1ccc(O)c(CN2CCCNCC2)c1. The summed E-state index contributed by atoms with van der Waals surface area (Å²) in [6.07, 6.45) is 1.19. The Morgan fingerprint density at radius 1 is 1.31 bits per heavy atom. The maximum Gasteiger partial charge on any atom is 0.120 e. The Morgan fingerprint density at radius 2 is 2.19 bits per heavy atom. The molecule has 1 saturated heterocycles. The zero-order valence-electron chi connectivity index (χ0n) is 9.87. The lowest BCUT2D eigenvalue weighted by molar-refractivity contribution is 0.280. The number of benzene rings is 1. The average Bonchev–Trinajstić information content (AvgIpc) is 2.52. The predicted octanol–water partition coefficient (Wildman–Crippen LogP) is 1.50. The van der Waals surface area contributed by atoms with E-state index in [1.165, 1.54) is 12.0 Å². The number of hydrogen-bond donors (Lipinski definition) is 2. The van der Waals surface area contributed by atoms with Crippen LogP contribution in [0.2, 0.25) is 0 Å². The fourth-order valence-corrected chi connectivity index (χ4v) is 2.14. The fraction of sp³-hybridized carbons (Fsp3) is 0.538. The van der Waals surface area contributed by atoms with Gasteiger partial charge in [0.05, 0.1) is 0 Å². The molecule has 1 heterocycles. The normalized spacial score (nSPS) is 18.3. The maximum absolute atomic E-state index is 9.79. The molecule has 1 aromatic carbocycles. The van der Waals surface area contributed by atoms with Crippen molar-refractivity contribution >= 4 is 0 Å². The Morgan fingerprint density at radius 3 is 3.06 bits per heavy atom. The Kier molecular flexibility index (Phi) is 3.80. The highest BCUT2D eigenvalue weighted by Gasteiger charge is 2.11. The number of nitrogens with zero attached hydrogens (tertiary/aromatic N) is 1. The van der Waals surface area contributed by atoms with Gasteiger partial charge in [-0.2, -0.15) is 0 Å². The van der Waals surface area contributed by atoms with Crippen LogP contribution in [0, 0.1) is 6.92 Å². The summed E-state index contributed by atoms with van der Waals surface area (Å²) in [7, 11) is 0. The first-order valence-corrected chi connectivity index (χ1v) is 5.97. The van der Waals surface area contributed by atoms with Crippen molar-refractivity contribution in [1.82, 2.24) is 10.2 Å². The topological polar surface area (TPSA) is 35.5 Å². The van der Waals surface area contributed by atoms with E-state index in [1.807, 2.05) is 6.07 Å². The van der Waals surface area contributed by atoms with Crippen LogP contribution in [0.25, 0.3) is 0 Å². The monoisotopic (exact) mass is 220 g/mol. The second-order valence-corrected chi connectivity index (χ2v) is 4.51. The van der Waals surface area contributed by atoms with E-state index >= 15 is 0 Å². The number of hydrogen-bond acceptors (Lipinski definition) is 3. The molecule has 0 bridgehead atoms. The molecule has 1 aliphatic rings. The fourth-order valence-electron chi connectivity index (χ4n) is 2.14. The van der Waals surface area contributed by atoms with E-state index in [-0.39, 0.29) is 0 Å². The van der Waals surface area contributed by atoms with Gasteiger partial charge in [0.15, 0.2) is 0 Å². The van der Waals surface area contributed by atoms with Crippen LogP contribution in [0.3, 0.4) is 0 Å². The summed E-state index contributed by atoms with van der Waals surface area (Å²) in [5.41, 5.74) is 2.25. The van der Waals surface area contributed by atoms with Gasteiger partial charge in [-0.3, -0.25) is 4.90 Å². The van der Waals surface area contributed by atoms with Gasteiger partial charge in [-0.1, -0.05) is 17.7 Å². The van der Waals surface area contributed by atoms with Crippen molar-refractivity contribution in [2.24, 2.45) is 0 Å². The van der Waals surface area contributed by atoms with Crippen LogP contribution in [-0.4, -0.2) is 36.2 Å². The molecule has 16 heavy (non-hydrogen) atoms. The quantitative estimate of drug-likeness (QED) is 0.793. The summed E-state index contributed by atoms with van der Waals surface area (Å²) >= 11 is 0. The highest BCUT2D eigenvalue weighted by molar-refractivity contribution is 5.35. The molecule has 0 saturated carbocycles. The standard InChI is InChI=1S/C13H20N2O/c1-11-3-4-13(16)12(9-11)10-15-7-2-5-14-6-8-15/h3-4,9,14,16H,2,5-8,10H2,1H3. The molecule has 0 unspecified atom stereocenters. The lowest BCUT2D eigenvalue weighted by atomic mass is 10.1. The van der Waals surface area contributed by atoms with E-state index in [2.05, 4.69) is 23.2 Å². The van der Waals surface area contributed by atoms with Gasteiger partial charge in [-0.25, -0.2) is 0 Å². The van der Waals surface area contributed by atoms with Crippen molar-refractivity contribution in [3.63, 3.8) is 0 Å². The highest BCUT2D eigenvalue weighted by atomic mass is 16.3. The number of nitrogens with one attached hydrogen (secondary N) is 1. The smallest absolute Gasteiger partial charge is 0.120 e. The van der Waals surface area contributed by atoms with Crippen molar-refractivity contribution < 1.29 is 5.11 Å². The molecule has 2 N–H and O–H groups in total. The second-order valence-electron chi connectivity index (χ2n) is 4.51. The van der Waals surface area contributed by atoms with Gasteiger partial charge in [0, 0.05) is 25.2 Å². The van der Waals surface area contributed by atoms with Crippen LogP contribution in [-0.2, 0) is 6.54 Å². The van der Waals surface area contributed by atoms with Crippen molar-refractivity contribution in [2.75, 3.05) is 26.2 Å². The molecule has 1 aromatic rings. The predicted molar refractivity (Wildman–Crippen MR) is 65.6 cm³/mol. The third kappa shape index (κ3) is 2.97. The minimum Gasteiger partial charge on any atom is -0.508 e. The summed E-state index contributed by atoms with van der Waals surface area (Å²) in [5.74, 6) is 0.419. The summed E-state index contributed by atoms with van der Waals surface area (Å²) in [5, 5.41) is 13.2. The molecule has 0 aromatic heterocycles. The van der Waals surface area contributed by atoms with Gasteiger partial charge in [-0.15, -0.1) is 0 Å². The van der Waals surface area contributed by atoms with Gasteiger partial charge in [0.2, 0.25) is 0 Å². The first kappa shape index (κ1) is 11.4. The summed E-state index contributed by atoms with van der Waals surface area (Å²) in [4.78, 5) is 2.40. The second kappa shape index (κ2) is 5.32. The summed E-state index contributed by atoms with van der Waals surface area (Å²) < 4.78 is 0. The largest absolute Gasteiger partial charge is 0.508 e. The average molecular weight is 220 g/mol. The molecule has 88 valence electrons. The van der Waals surface area contributed by atoms with E-state index in [1.54, 1.807) is 6.07 Å². The number of rotatable bonds is 2. The molecular weight excluding hydrogens is 200 g/mol. The van der Waals surface area contributed by atoms with Crippen LogP contribution in [0.5, 0.6) is 5.75 Å². The van der Waals surface area contributed by atoms with Crippen LogP contribution >= 0.6 is 0 Å². The Balaban J connectivity index is 2.04. The van der Waals surface area contributed by atoms with Gasteiger partial charge >= 0.3 is 0 Å². The van der Waals surface area contributed by atoms with Crippen molar-refractivity contribution in [1.29, 1.82) is 0 Å². The van der Waals surface area contributed by atoms with Gasteiger partial charge < -0.3 is 10.4 Å². The van der Waals surface area contributed by atoms with Crippen LogP contribution < -0.4 is 5.32 Å². The molecular formula is C13H20N2O. The lowest BCUT2D eigenvalue weighted by Gasteiger charge is -2.20. The minimum atomic E-state index is 0.419. The van der Waals surface area contributed by atoms with Gasteiger partial charge in [0.1, 0.15) is 5.75 Å². The van der Waals surface area contributed by atoms with E-state index in [0.717, 1.165) is 38.3 Å². The third-order valence-corrected chi connectivity index (χ3v) is 3.06. The van der Waals surface area contributed by atoms with Gasteiger partial charge in [0.25, 0.3) is 0 Å². The van der Waals surface area contributed by atoms with Crippen molar-refractivity contribution in [3.8, 4) is 5.75 Å². The molecule has 0 radical (unpaired) electrons. The number of aromatic hydroxyl groups is 1. The maximum atomic E-state index is 9.79. The van der Waals surface area contributed by atoms with Gasteiger partial charge in [-0.05, 0) is 32.5 Å². The number of aryl methyl sites for hydroxylation is 1. The summed E-state index contributed by atoms with van der Waals surface area (Å²) in [6.45, 7) is 7.25. The molecule has 0 spiro atoms. The third-order valence-electron chi connectivity index (χ3n) is 3.06. The Bertz CT molecular complexity index is 344. The number of phenolic OH excluding ortho intramolecular Hbond substituents is 1. The minimum absolute atomic E-state index is 0.419. The molecule has 0 amide bonds. The Hall–Kier alpha value is -1.06. The first-order valence-electron chi connectivity index (χ1n) is 5.97. The van der Waals surface area contributed by atoms with E-state index in [9.17, 15) is 5.11 Å². The zero-order valence-corrected chi connectivity index (χ0v) is 9.87. The van der Waals surface area contributed by atoms with Crippen LogP contribution in [0.4, 0.5) is 0 Å².